The van der Waals surface area contributed by atoms with Gasteiger partial charge in [0.15, 0.2) is 0 Å². The van der Waals surface area contributed by atoms with Crippen molar-refractivity contribution in [1.29, 1.82) is 0 Å². The Labute approximate surface area is 146 Å². The van der Waals surface area contributed by atoms with Gasteiger partial charge in [0.2, 0.25) is 5.60 Å². The molecule has 140 valence electrons. The van der Waals surface area contributed by atoms with Crippen LogP contribution < -0.4 is 0 Å². The topological polar surface area (TPSA) is 58.4 Å². The third kappa shape index (κ3) is 2.86. The van der Waals surface area contributed by atoms with Gasteiger partial charge in [0.05, 0.1) is 11.9 Å². The SMILES string of the molecule is C[C@H]1CN(C(=O)[C@@](C)(O)C(F)(F)F)Cc2cnn(-c3ccccc3F)c21. The van der Waals surface area contributed by atoms with Gasteiger partial charge in [-0.05, 0) is 19.1 Å². The minimum Gasteiger partial charge on any atom is -0.373 e. The van der Waals surface area contributed by atoms with Crippen molar-refractivity contribution in [3.8, 4) is 5.69 Å². The molecule has 1 N–H and O–H groups in total. The Morgan fingerprint density at radius 2 is 1.96 bits per heavy atom. The van der Waals surface area contributed by atoms with Gasteiger partial charge in [0, 0.05) is 24.6 Å². The average Bonchev–Trinajstić information content (AvgIpc) is 2.97. The second-order valence-electron chi connectivity index (χ2n) is 6.57. The van der Waals surface area contributed by atoms with Crippen molar-refractivity contribution < 1.29 is 27.5 Å². The largest absolute Gasteiger partial charge is 0.426 e. The van der Waals surface area contributed by atoms with Crippen LogP contribution in [0.3, 0.4) is 0 Å². The van der Waals surface area contributed by atoms with Crippen LogP contribution in [-0.2, 0) is 11.3 Å². The van der Waals surface area contributed by atoms with Crippen molar-refractivity contribution in [3.63, 3.8) is 0 Å². The van der Waals surface area contributed by atoms with Crippen LogP contribution in [0.15, 0.2) is 30.5 Å². The van der Waals surface area contributed by atoms with Gasteiger partial charge in [-0.2, -0.15) is 18.3 Å². The monoisotopic (exact) mass is 371 g/mol. The molecule has 0 bridgehead atoms. The lowest BCUT2D eigenvalue weighted by atomic mass is 9.95. The molecule has 0 radical (unpaired) electrons. The maximum atomic E-state index is 14.1. The van der Waals surface area contributed by atoms with Gasteiger partial charge in [-0.3, -0.25) is 4.79 Å². The van der Waals surface area contributed by atoms with Gasteiger partial charge in [-0.15, -0.1) is 0 Å². The van der Waals surface area contributed by atoms with E-state index < -0.39 is 29.4 Å². The fourth-order valence-electron chi connectivity index (χ4n) is 3.13. The smallest absolute Gasteiger partial charge is 0.373 e. The molecular formula is C17H17F4N3O2. The predicted octanol–water partition coefficient (Wildman–Crippen LogP) is 2.77. The van der Waals surface area contributed by atoms with E-state index >= 15 is 0 Å². The van der Waals surface area contributed by atoms with Crippen LogP contribution in [0.4, 0.5) is 17.6 Å². The van der Waals surface area contributed by atoms with Crippen molar-refractivity contribution in [2.75, 3.05) is 6.54 Å². The van der Waals surface area contributed by atoms with Gasteiger partial charge >= 0.3 is 6.18 Å². The molecule has 3 rings (SSSR count). The van der Waals surface area contributed by atoms with Crippen LogP contribution in [0, 0.1) is 5.82 Å². The molecule has 26 heavy (non-hydrogen) atoms. The summed E-state index contributed by atoms with van der Waals surface area (Å²) < 4.78 is 54.3. The van der Waals surface area contributed by atoms with E-state index in [1.54, 1.807) is 19.1 Å². The second-order valence-corrected chi connectivity index (χ2v) is 6.57. The molecule has 1 aliphatic heterocycles. The Kier molecular flexibility index (Phi) is 4.30. The van der Waals surface area contributed by atoms with Crippen molar-refractivity contribution in [1.82, 2.24) is 14.7 Å². The molecule has 0 unspecified atom stereocenters. The number of nitrogens with zero attached hydrogens (tertiary/aromatic N) is 3. The maximum absolute atomic E-state index is 14.1. The zero-order chi connectivity index (χ0) is 19.3. The van der Waals surface area contributed by atoms with Crippen molar-refractivity contribution >= 4 is 5.91 Å². The summed E-state index contributed by atoms with van der Waals surface area (Å²) in [7, 11) is 0. The number of aromatic nitrogens is 2. The van der Waals surface area contributed by atoms with Crippen molar-refractivity contribution in [2.24, 2.45) is 0 Å². The molecule has 5 nitrogen and oxygen atoms in total. The van der Waals surface area contributed by atoms with Gasteiger partial charge < -0.3 is 10.0 Å². The minimum absolute atomic E-state index is 0.0434. The van der Waals surface area contributed by atoms with E-state index in [1.807, 2.05) is 0 Å². The molecule has 1 amide bonds. The summed E-state index contributed by atoms with van der Waals surface area (Å²) >= 11 is 0. The zero-order valence-corrected chi connectivity index (χ0v) is 14.1. The summed E-state index contributed by atoms with van der Waals surface area (Å²) in [6, 6.07) is 6.02. The third-order valence-electron chi connectivity index (χ3n) is 4.54. The number of amides is 1. The Bertz CT molecular complexity index is 845. The fraction of sp³-hybridized carbons (Fsp3) is 0.412. The van der Waals surface area contributed by atoms with Crippen molar-refractivity contribution in [3.05, 3.63) is 47.5 Å². The highest BCUT2D eigenvalue weighted by Crippen LogP contribution is 2.36. The number of carbonyl (C=O) groups is 1. The number of carbonyl (C=O) groups excluding carboxylic acids is 1. The number of aliphatic hydroxyl groups is 1. The summed E-state index contributed by atoms with van der Waals surface area (Å²) in [5, 5.41) is 13.8. The number of para-hydroxylation sites is 1. The first-order chi connectivity index (χ1) is 12.0. The quantitative estimate of drug-likeness (QED) is 0.826. The van der Waals surface area contributed by atoms with Crippen LogP contribution in [0.1, 0.15) is 31.0 Å². The molecule has 2 heterocycles. The molecule has 0 aliphatic carbocycles. The molecule has 9 heteroatoms. The summed E-state index contributed by atoms with van der Waals surface area (Å²) in [6.45, 7) is 1.97. The van der Waals surface area contributed by atoms with Gasteiger partial charge in [-0.25, -0.2) is 9.07 Å². The Balaban J connectivity index is 1.94. The van der Waals surface area contributed by atoms with Gasteiger partial charge in [0.25, 0.3) is 5.91 Å². The van der Waals surface area contributed by atoms with E-state index in [0.717, 1.165) is 4.90 Å². The average molecular weight is 371 g/mol. The first kappa shape index (κ1) is 18.4. The molecule has 1 aromatic heterocycles. The van der Waals surface area contributed by atoms with E-state index in [2.05, 4.69) is 5.10 Å². The molecule has 1 aliphatic rings. The predicted molar refractivity (Wildman–Crippen MR) is 84.0 cm³/mol. The summed E-state index contributed by atoms with van der Waals surface area (Å²) in [5.41, 5.74) is -2.10. The molecule has 0 spiro atoms. The number of hydrogen-bond acceptors (Lipinski definition) is 3. The van der Waals surface area contributed by atoms with Crippen LogP contribution in [-0.4, -0.2) is 44.0 Å². The molecule has 2 aromatic rings. The minimum atomic E-state index is -5.08. The highest BCUT2D eigenvalue weighted by atomic mass is 19.4. The lowest BCUT2D eigenvalue weighted by molar-refractivity contribution is -0.250. The van der Waals surface area contributed by atoms with E-state index in [1.165, 1.54) is 23.0 Å². The van der Waals surface area contributed by atoms with Crippen LogP contribution in [0.2, 0.25) is 0 Å². The normalized spacial score (nSPS) is 19.8. The number of alkyl halides is 3. The summed E-state index contributed by atoms with van der Waals surface area (Å²) in [5.74, 6) is -2.29. The van der Waals surface area contributed by atoms with Crippen LogP contribution >= 0.6 is 0 Å². The second kappa shape index (κ2) is 6.08. The van der Waals surface area contributed by atoms with Crippen molar-refractivity contribution in [2.45, 2.75) is 38.1 Å². The number of fused-ring (bicyclic) bond motifs is 1. The molecular weight excluding hydrogens is 354 g/mol. The third-order valence-corrected chi connectivity index (χ3v) is 4.54. The Morgan fingerprint density at radius 3 is 2.58 bits per heavy atom. The van der Waals surface area contributed by atoms with Crippen LogP contribution in [0.25, 0.3) is 5.69 Å². The Hall–Kier alpha value is -2.42. The van der Waals surface area contributed by atoms with Gasteiger partial charge in [0.1, 0.15) is 11.5 Å². The lowest BCUT2D eigenvalue weighted by Gasteiger charge is -2.36. The number of hydrogen-bond donors (Lipinski definition) is 1. The van der Waals surface area contributed by atoms with E-state index in [4.69, 9.17) is 0 Å². The summed E-state index contributed by atoms with van der Waals surface area (Å²) in [6.07, 6.45) is -3.68. The fourth-order valence-corrected chi connectivity index (χ4v) is 3.13. The standard InChI is InChI=1S/C17H17F4N3O2/c1-10-8-23(15(25)16(2,26)17(19,20)21)9-11-7-22-24(14(10)11)13-6-4-3-5-12(13)18/h3-7,10,26H,8-9H2,1-2H3/t10-,16+/m0/s1. The number of benzene rings is 1. The zero-order valence-electron chi connectivity index (χ0n) is 14.1. The molecule has 1 aromatic carbocycles. The maximum Gasteiger partial charge on any atom is 0.426 e. The molecule has 0 saturated carbocycles. The number of halogens is 4. The Morgan fingerprint density at radius 1 is 1.31 bits per heavy atom. The first-order valence-corrected chi connectivity index (χ1v) is 7.94. The molecule has 2 atom stereocenters. The number of rotatable bonds is 2. The van der Waals surface area contributed by atoms with Crippen LogP contribution in [0.5, 0.6) is 0 Å². The highest BCUT2D eigenvalue weighted by Gasteiger charge is 2.57. The highest BCUT2D eigenvalue weighted by molar-refractivity contribution is 5.85. The van der Waals surface area contributed by atoms with Gasteiger partial charge in [-0.1, -0.05) is 19.1 Å². The molecule has 0 fully saturated rings. The molecule has 0 saturated heterocycles. The summed E-state index contributed by atoms with van der Waals surface area (Å²) in [4.78, 5) is 13.2. The van der Waals surface area contributed by atoms with E-state index in [-0.39, 0.29) is 18.8 Å². The van der Waals surface area contributed by atoms with E-state index in [0.29, 0.717) is 18.2 Å². The van der Waals surface area contributed by atoms with E-state index in [9.17, 15) is 27.5 Å². The first-order valence-electron chi connectivity index (χ1n) is 7.94. The lowest BCUT2D eigenvalue weighted by Crippen LogP contribution is -2.57.